The van der Waals surface area contributed by atoms with Crippen molar-refractivity contribution in [2.24, 2.45) is 0 Å². The van der Waals surface area contributed by atoms with E-state index in [-0.39, 0.29) is 63.2 Å². The summed E-state index contributed by atoms with van der Waals surface area (Å²) in [6, 6.07) is 0. The summed E-state index contributed by atoms with van der Waals surface area (Å²) in [5.74, 6) is 0. The van der Waals surface area contributed by atoms with E-state index in [1.165, 1.54) is 0 Å². The van der Waals surface area contributed by atoms with E-state index < -0.39 is 0 Å². The summed E-state index contributed by atoms with van der Waals surface area (Å²) in [4.78, 5) is 0. The number of hydrogen-bond acceptors (Lipinski definition) is 0. The summed E-state index contributed by atoms with van der Waals surface area (Å²) in [5.41, 5.74) is 0. The molecule has 0 aromatic heterocycles. The first kappa shape index (κ1) is 41.4. The van der Waals surface area contributed by atoms with Gasteiger partial charge in [0.05, 0.1) is 0 Å². The molecule has 0 atom stereocenters. The summed E-state index contributed by atoms with van der Waals surface area (Å²) in [6.07, 6.45) is 0. The molecule has 0 aliphatic carbocycles. The molecule has 0 saturated heterocycles. The molecule has 4 heteroatoms. The van der Waals surface area contributed by atoms with E-state index in [9.17, 15) is 0 Å². The van der Waals surface area contributed by atoms with Gasteiger partial charge in [-0.05, 0) is 0 Å². The smallest absolute Gasteiger partial charge is 0 e. The molecule has 0 amide bonds. The van der Waals surface area contributed by atoms with Crippen molar-refractivity contribution in [2.75, 3.05) is 0 Å². The second-order valence-corrected chi connectivity index (χ2v) is 0. The molecule has 0 aromatic rings. The summed E-state index contributed by atoms with van der Waals surface area (Å²) >= 11 is 0. The van der Waals surface area contributed by atoms with Gasteiger partial charge >= 0.3 is 0 Å². The molecule has 0 rings (SSSR count). The fourth-order valence-electron chi connectivity index (χ4n) is 0. The van der Waals surface area contributed by atoms with Crippen LogP contribution in [0.25, 0.3) is 0 Å². The zero-order valence-corrected chi connectivity index (χ0v) is 7.54. The average molecular weight is 190 g/mol. The van der Waals surface area contributed by atoms with Crippen molar-refractivity contribution < 1.29 is 63.2 Å². The summed E-state index contributed by atoms with van der Waals surface area (Å²) in [7, 11) is 0. The van der Waals surface area contributed by atoms with Gasteiger partial charge < -0.3 is 5.48 Å². The maximum atomic E-state index is 0. The number of rotatable bonds is 0. The molecule has 0 saturated carbocycles. The quantitative estimate of drug-likeness (QED) is 0.446. The predicted molar refractivity (Wildman–Crippen MR) is 3.61 cm³/mol. The fourth-order valence-corrected chi connectivity index (χ4v) is 0. The van der Waals surface area contributed by atoms with Crippen LogP contribution in [-0.2, 0) is 57.7 Å². The van der Waals surface area contributed by atoms with Gasteiger partial charge in [0, 0.05) is 57.7 Å². The first-order chi connectivity index (χ1) is 0. The third-order valence-electron chi connectivity index (χ3n) is 0. The Morgan fingerprint density at radius 1 is 1.00 bits per heavy atom. The molecule has 1 nitrogen and oxygen atoms in total. The molecule has 0 spiro atoms. The molecular weight excluding hydrogens is 188 g/mol. The molecule has 0 aliphatic rings. The molecule has 0 fully saturated rings. The second kappa shape index (κ2) is 21.5. The Bertz CT molecular complexity index is 8.00. The Morgan fingerprint density at radius 2 is 1.00 bits per heavy atom. The van der Waals surface area contributed by atoms with Gasteiger partial charge in [-0.25, -0.2) is 0 Å². The standard InChI is InChI=1S/Ni.H2O.Ti.Zn/h;1H2;;. The Balaban J connectivity index is 0. The van der Waals surface area contributed by atoms with Gasteiger partial charge in [-0.3, -0.25) is 0 Å². The van der Waals surface area contributed by atoms with Crippen molar-refractivity contribution in [1.29, 1.82) is 0 Å². The van der Waals surface area contributed by atoms with Crippen LogP contribution in [0.5, 0.6) is 0 Å². The molecule has 2 N–H and O–H groups in total. The van der Waals surface area contributed by atoms with Crippen LogP contribution >= 0.6 is 0 Å². The Hall–Kier alpha value is 1.79. The zero-order chi connectivity index (χ0) is 0. The van der Waals surface area contributed by atoms with Gasteiger partial charge in [-0.2, -0.15) is 0 Å². The zero-order valence-electron chi connectivity index (χ0n) is 2.02. The van der Waals surface area contributed by atoms with Gasteiger partial charge in [-0.15, -0.1) is 0 Å². The van der Waals surface area contributed by atoms with E-state index in [2.05, 4.69) is 0 Å². The van der Waals surface area contributed by atoms with Crippen LogP contribution in [0, 0.1) is 0 Å². The molecule has 0 bridgehead atoms. The minimum Gasteiger partial charge on any atom is -0.412 e. The molecule has 0 aliphatic heterocycles. The predicted octanol–water partition coefficient (Wildman–Crippen LogP) is -0.832. The van der Waals surface area contributed by atoms with E-state index in [0.717, 1.165) is 0 Å². The maximum Gasteiger partial charge on any atom is 0 e. The maximum absolute atomic E-state index is 0. The van der Waals surface area contributed by atoms with E-state index >= 15 is 0 Å². The summed E-state index contributed by atoms with van der Waals surface area (Å²) in [5, 5.41) is 0. The van der Waals surface area contributed by atoms with E-state index in [1.807, 2.05) is 0 Å². The van der Waals surface area contributed by atoms with Crippen molar-refractivity contribution in [2.45, 2.75) is 0 Å². The Morgan fingerprint density at radius 3 is 1.00 bits per heavy atom. The van der Waals surface area contributed by atoms with E-state index in [1.54, 1.807) is 0 Å². The van der Waals surface area contributed by atoms with Crippen LogP contribution in [0.3, 0.4) is 0 Å². The molecule has 24 valence electrons. The van der Waals surface area contributed by atoms with Crippen molar-refractivity contribution in [1.82, 2.24) is 0 Å². The second-order valence-electron chi connectivity index (χ2n) is 0. The number of hydrogen-bond donors (Lipinski definition) is 0. The largest absolute Gasteiger partial charge is 0.412 e. The Labute approximate surface area is 62.8 Å². The van der Waals surface area contributed by atoms with Crippen LogP contribution in [0.15, 0.2) is 0 Å². The monoisotopic (exact) mass is 188 g/mol. The first-order valence-electron chi connectivity index (χ1n) is 0. The van der Waals surface area contributed by atoms with E-state index in [0.29, 0.717) is 0 Å². The molecule has 0 aromatic carbocycles. The topological polar surface area (TPSA) is 31.5 Å². The van der Waals surface area contributed by atoms with Crippen LogP contribution < -0.4 is 0 Å². The third-order valence-corrected chi connectivity index (χ3v) is 0. The third kappa shape index (κ3) is 9.21. The molecular formula is H2NiOTiZn. The van der Waals surface area contributed by atoms with Gasteiger partial charge in [0.15, 0.2) is 0 Å². The molecule has 0 unspecified atom stereocenters. The van der Waals surface area contributed by atoms with Crippen molar-refractivity contribution in [3.05, 3.63) is 0 Å². The van der Waals surface area contributed by atoms with Gasteiger partial charge in [0.2, 0.25) is 0 Å². The van der Waals surface area contributed by atoms with E-state index in [4.69, 9.17) is 0 Å². The normalized spacial score (nSPS) is 0. The van der Waals surface area contributed by atoms with Gasteiger partial charge in [0.1, 0.15) is 0 Å². The van der Waals surface area contributed by atoms with Gasteiger partial charge in [-0.1, -0.05) is 0 Å². The van der Waals surface area contributed by atoms with Crippen molar-refractivity contribution in [3.63, 3.8) is 0 Å². The van der Waals surface area contributed by atoms with Crippen LogP contribution in [0.1, 0.15) is 0 Å². The molecule has 0 heterocycles. The summed E-state index contributed by atoms with van der Waals surface area (Å²) in [6.45, 7) is 0. The van der Waals surface area contributed by atoms with Crippen molar-refractivity contribution in [3.8, 4) is 0 Å². The average Bonchev–Trinajstić information content (AvgIpc) is 0. The Kier molecular flexibility index (Phi) is 222. The fraction of sp³-hybridized carbons (Fsp3) is 0. The first-order valence-corrected chi connectivity index (χ1v) is 0. The van der Waals surface area contributed by atoms with Crippen molar-refractivity contribution >= 4 is 0 Å². The molecule has 0 radical (unpaired) electrons. The van der Waals surface area contributed by atoms with Crippen LogP contribution in [0.2, 0.25) is 0 Å². The van der Waals surface area contributed by atoms with Crippen LogP contribution in [-0.4, -0.2) is 5.48 Å². The van der Waals surface area contributed by atoms with Crippen LogP contribution in [0.4, 0.5) is 0 Å². The minimum absolute atomic E-state index is 0. The van der Waals surface area contributed by atoms with Gasteiger partial charge in [0.25, 0.3) is 0 Å². The summed E-state index contributed by atoms with van der Waals surface area (Å²) < 4.78 is 0. The minimum atomic E-state index is 0. The molecule has 4 heavy (non-hydrogen) atoms. The SMILES string of the molecule is O.[Ni].[Ti].[Zn].